The van der Waals surface area contributed by atoms with E-state index >= 15 is 4.39 Å². The molecule has 0 saturated heterocycles. The number of benzene rings is 2. The van der Waals surface area contributed by atoms with Crippen molar-refractivity contribution in [2.45, 2.75) is 37.0 Å². The number of aromatic nitrogens is 2. The van der Waals surface area contributed by atoms with Crippen molar-refractivity contribution in [3.63, 3.8) is 0 Å². The van der Waals surface area contributed by atoms with Gasteiger partial charge in [-0.15, -0.1) is 0 Å². The van der Waals surface area contributed by atoms with Gasteiger partial charge in [0.2, 0.25) is 0 Å². The zero-order chi connectivity index (χ0) is 25.7. The van der Waals surface area contributed by atoms with Crippen LogP contribution < -0.4 is 15.0 Å². The van der Waals surface area contributed by atoms with Gasteiger partial charge in [0.1, 0.15) is 17.8 Å². The molecule has 0 radical (unpaired) electrons. The highest BCUT2D eigenvalue weighted by molar-refractivity contribution is 7.92. The minimum Gasteiger partial charge on any atom is -0.495 e. The summed E-state index contributed by atoms with van der Waals surface area (Å²) in [4.78, 5) is 13.0. The van der Waals surface area contributed by atoms with Gasteiger partial charge in [0, 0.05) is 23.6 Å². The monoisotopic (exact) mass is 523 g/mol. The summed E-state index contributed by atoms with van der Waals surface area (Å²) in [5, 5.41) is 4.05. The van der Waals surface area contributed by atoms with Gasteiger partial charge in [0.05, 0.1) is 23.2 Å². The average molecular weight is 524 g/mol. The van der Waals surface area contributed by atoms with Crippen molar-refractivity contribution in [2.75, 3.05) is 11.8 Å². The van der Waals surface area contributed by atoms with E-state index < -0.39 is 10.0 Å². The summed E-state index contributed by atoms with van der Waals surface area (Å²) in [5.74, 6) is 1.98. The summed E-state index contributed by atoms with van der Waals surface area (Å²) >= 11 is 0. The Kier molecular flexibility index (Phi) is 5.78. The molecular weight excluding hydrogens is 497 g/mol. The molecule has 4 aromatic rings. The molecule has 2 heterocycles. The standard InChI is InChI=1S/C27H26FN3O5S/c1-35-25-14-20(12-19-11-16-2-3-17(19)10-16)22(28)15-24(25)31-23-6-5-21(13-18(23)4-7-27(31)32)37(33,34)30-26-8-9-36-29-26/h4-9,13-17,19H,2-3,10-12H2,1H3,(H,29,30)/t16-,17-,19+/m0/s1. The summed E-state index contributed by atoms with van der Waals surface area (Å²) < 4.78 is 55.0. The zero-order valence-electron chi connectivity index (χ0n) is 20.2. The third-order valence-electron chi connectivity index (χ3n) is 7.81. The molecular formula is C27H26FN3O5S. The topological polar surface area (TPSA) is 103 Å². The molecule has 0 spiro atoms. The maximum atomic E-state index is 15.4. The Labute approximate surface area is 213 Å². The molecule has 192 valence electrons. The lowest BCUT2D eigenvalue weighted by Gasteiger charge is -2.23. The normalized spacial score (nSPS) is 21.0. The van der Waals surface area contributed by atoms with Gasteiger partial charge in [-0.3, -0.25) is 14.1 Å². The van der Waals surface area contributed by atoms with Crippen molar-refractivity contribution in [1.82, 2.24) is 9.72 Å². The van der Waals surface area contributed by atoms with Crippen LogP contribution in [0.25, 0.3) is 16.6 Å². The molecule has 2 saturated carbocycles. The minimum atomic E-state index is -3.95. The summed E-state index contributed by atoms with van der Waals surface area (Å²) in [7, 11) is -2.45. The van der Waals surface area contributed by atoms with Crippen LogP contribution in [0.15, 0.2) is 69.0 Å². The van der Waals surface area contributed by atoms with Crippen LogP contribution in [0, 0.1) is 23.6 Å². The first-order valence-electron chi connectivity index (χ1n) is 12.3. The largest absolute Gasteiger partial charge is 0.495 e. The van der Waals surface area contributed by atoms with Crippen molar-refractivity contribution in [1.29, 1.82) is 0 Å². The van der Waals surface area contributed by atoms with Crippen LogP contribution in [0.2, 0.25) is 0 Å². The van der Waals surface area contributed by atoms with Crippen molar-refractivity contribution in [3.8, 4) is 11.4 Å². The number of pyridine rings is 1. The number of hydrogen-bond donors (Lipinski definition) is 1. The van der Waals surface area contributed by atoms with E-state index in [2.05, 4.69) is 14.4 Å². The Balaban J connectivity index is 1.39. The van der Waals surface area contributed by atoms with Gasteiger partial charge in [0.15, 0.2) is 5.82 Å². The molecule has 2 aromatic carbocycles. The molecule has 2 fully saturated rings. The molecule has 2 aromatic heterocycles. The highest BCUT2D eigenvalue weighted by Crippen LogP contribution is 2.49. The second kappa shape index (κ2) is 9.02. The lowest BCUT2D eigenvalue weighted by Crippen LogP contribution is -2.19. The lowest BCUT2D eigenvalue weighted by atomic mass is 9.84. The minimum absolute atomic E-state index is 0.0208. The molecule has 10 heteroatoms. The third kappa shape index (κ3) is 4.29. The Morgan fingerprint density at radius 2 is 2.00 bits per heavy atom. The number of halogens is 1. The Bertz CT molecular complexity index is 1650. The fourth-order valence-electron chi connectivity index (χ4n) is 6.09. The first-order chi connectivity index (χ1) is 17.8. The molecule has 6 rings (SSSR count). The zero-order valence-corrected chi connectivity index (χ0v) is 21.0. The van der Waals surface area contributed by atoms with E-state index in [9.17, 15) is 13.2 Å². The molecule has 0 aliphatic heterocycles. The van der Waals surface area contributed by atoms with Crippen LogP contribution in [0.3, 0.4) is 0 Å². The maximum Gasteiger partial charge on any atom is 0.263 e. The Morgan fingerprint density at radius 1 is 1.14 bits per heavy atom. The van der Waals surface area contributed by atoms with Crippen LogP contribution >= 0.6 is 0 Å². The van der Waals surface area contributed by atoms with Crippen LogP contribution in [-0.2, 0) is 16.4 Å². The number of nitrogens with one attached hydrogen (secondary N) is 1. The van der Waals surface area contributed by atoms with E-state index in [1.54, 1.807) is 6.07 Å². The van der Waals surface area contributed by atoms with Gasteiger partial charge in [-0.1, -0.05) is 11.6 Å². The number of fused-ring (bicyclic) bond motifs is 3. The summed E-state index contributed by atoms with van der Waals surface area (Å²) in [6, 6.07) is 11.6. The van der Waals surface area contributed by atoms with Crippen molar-refractivity contribution < 1.29 is 22.1 Å². The van der Waals surface area contributed by atoms with E-state index in [4.69, 9.17) is 4.74 Å². The summed E-state index contributed by atoms with van der Waals surface area (Å²) in [5.41, 5.74) is 0.899. The molecule has 8 nitrogen and oxygen atoms in total. The number of rotatable bonds is 7. The van der Waals surface area contributed by atoms with Crippen LogP contribution in [0.1, 0.15) is 31.2 Å². The SMILES string of the molecule is COc1cc(C[C@H]2C[C@H]3CC[C@H]2C3)c(F)cc1-n1c(=O)ccc2cc(S(=O)(=O)Nc3ccon3)ccc21. The molecule has 2 bridgehead atoms. The number of sulfonamides is 1. The van der Waals surface area contributed by atoms with Gasteiger partial charge in [-0.2, -0.15) is 0 Å². The number of methoxy groups -OCH3 is 1. The molecule has 2 aliphatic carbocycles. The van der Waals surface area contributed by atoms with Crippen LogP contribution in [-0.4, -0.2) is 25.3 Å². The van der Waals surface area contributed by atoms with Gasteiger partial charge in [-0.25, -0.2) is 12.8 Å². The smallest absolute Gasteiger partial charge is 0.263 e. The van der Waals surface area contributed by atoms with Crippen molar-refractivity contribution in [2.24, 2.45) is 17.8 Å². The summed E-state index contributed by atoms with van der Waals surface area (Å²) in [6.07, 6.45) is 6.82. The van der Waals surface area contributed by atoms with Crippen molar-refractivity contribution >= 4 is 26.7 Å². The average Bonchev–Trinajstić information content (AvgIpc) is 3.64. The quantitative estimate of drug-likeness (QED) is 0.369. The third-order valence-corrected chi connectivity index (χ3v) is 9.16. The van der Waals surface area contributed by atoms with E-state index in [1.165, 1.54) is 79.7 Å². The molecule has 0 unspecified atom stereocenters. The van der Waals surface area contributed by atoms with Gasteiger partial charge >= 0.3 is 0 Å². The molecule has 1 N–H and O–H groups in total. The fourth-order valence-corrected chi connectivity index (χ4v) is 7.12. The molecule has 0 amide bonds. The maximum absolute atomic E-state index is 15.4. The highest BCUT2D eigenvalue weighted by Gasteiger charge is 2.39. The van der Waals surface area contributed by atoms with E-state index in [-0.39, 0.29) is 27.8 Å². The molecule has 37 heavy (non-hydrogen) atoms. The van der Waals surface area contributed by atoms with Gasteiger partial charge < -0.3 is 9.26 Å². The lowest BCUT2D eigenvalue weighted by molar-refractivity contribution is 0.327. The first kappa shape index (κ1) is 23.7. The van der Waals surface area contributed by atoms with E-state index in [0.717, 1.165) is 12.3 Å². The molecule has 3 atom stereocenters. The second-order valence-electron chi connectivity index (χ2n) is 9.97. The molecule has 2 aliphatic rings. The number of anilines is 1. The first-order valence-corrected chi connectivity index (χ1v) is 13.8. The van der Waals surface area contributed by atoms with Gasteiger partial charge in [-0.05, 0) is 79.3 Å². The second-order valence-corrected chi connectivity index (χ2v) is 11.7. The van der Waals surface area contributed by atoms with Crippen LogP contribution in [0.4, 0.5) is 10.2 Å². The van der Waals surface area contributed by atoms with Crippen LogP contribution in [0.5, 0.6) is 5.75 Å². The van der Waals surface area contributed by atoms with Gasteiger partial charge in [0.25, 0.3) is 15.6 Å². The van der Waals surface area contributed by atoms with Crippen molar-refractivity contribution in [3.05, 3.63) is 76.5 Å². The van der Waals surface area contributed by atoms with E-state index in [0.29, 0.717) is 40.5 Å². The number of nitrogens with zero attached hydrogens (tertiary/aromatic N) is 2. The number of hydrogen-bond acceptors (Lipinski definition) is 6. The predicted octanol–water partition coefficient (Wildman–Crippen LogP) is 4.91. The predicted molar refractivity (Wildman–Crippen MR) is 136 cm³/mol. The fraction of sp³-hybridized carbons (Fsp3) is 0.333. The number of ether oxygens (including phenoxy) is 1. The Morgan fingerprint density at radius 3 is 2.70 bits per heavy atom. The van der Waals surface area contributed by atoms with E-state index in [1.807, 2.05) is 0 Å². The highest BCUT2D eigenvalue weighted by atomic mass is 32.2. The Hall–Kier alpha value is -3.66. The summed E-state index contributed by atoms with van der Waals surface area (Å²) in [6.45, 7) is 0.